The Hall–Kier alpha value is -0.620. The number of hydrogen-bond donors (Lipinski definition) is 0. The van der Waals surface area contributed by atoms with Crippen molar-refractivity contribution in [2.45, 2.75) is 36.6 Å². The zero-order valence-corrected chi connectivity index (χ0v) is 13.9. The van der Waals surface area contributed by atoms with Gasteiger partial charge in [0.2, 0.25) is 10.0 Å². The zero-order valence-electron chi connectivity index (χ0n) is 12.3. The summed E-state index contributed by atoms with van der Waals surface area (Å²) in [5.74, 6) is 0.618. The minimum atomic E-state index is -3.42. The molecule has 1 aromatic carbocycles. The van der Waals surface area contributed by atoms with Crippen LogP contribution in [-0.4, -0.2) is 44.9 Å². The summed E-state index contributed by atoms with van der Waals surface area (Å²) in [6.07, 6.45) is 3.66. The maximum Gasteiger partial charge on any atom is 0.243 e. The van der Waals surface area contributed by atoms with E-state index in [0.29, 0.717) is 23.9 Å². The first kappa shape index (κ1) is 16.7. The molecule has 0 atom stereocenters. The van der Waals surface area contributed by atoms with Crippen molar-refractivity contribution in [2.24, 2.45) is 0 Å². The summed E-state index contributed by atoms with van der Waals surface area (Å²) in [5.41, 5.74) is 1.12. The minimum absolute atomic E-state index is 0.140. The Bertz CT molecular complexity index is 541. The molecule has 21 heavy (non-hydrogen) atoms. The predicted octanol–water partition coefficient (Wildman–Crippen LogP) is 2.66. The van der Waals surface area contributed by atoms with Gasteiger partial charge in [-0.2, -0.15) is 4.31 Å². The molecule has 1 aromatic rings. The van der Waals surface area contributed by atoms with Crippen LogP contribution in [0.25, 0.3) is 0 Å². The van der Waals surface area contributed by atoms with Crippen molar-refractivity contribution in [2.75, 3.05) is 26.1 Å². The van der Waals surface area contributed by atoms with E-state index in [1.807, 2.05) is 12.1 Å². The zero-order chi connectivity index (χ0) is 15.3. The van der Waals surface area contributed by atoms with E-state index in [0.717, 1.165) is 31.2 Å². The van der Waals surface area contributed by atoms with Crippen LogP contribution in [0.15, 0.2) is 29.2 Å². The molecule has 0 amide bonds. The van der Waals surface area contributed by atoms with Gasteiger partial charge in [0.25, 0.3) is 0 Å². The quantitative estimate of drug-likeness (QED) is 0.654. The van der Waals surface area contributed by atoms with Crippen molar-refractivity contribution in [1.29, 1.82) is 0 Å². The number of sulfonamides is 1. The molecular weight excluding hydrogens is 310 g/mol. The van der Waals surface area contributed by atoms with Crippen molar-refractivity contribution < 1.29 is 13.2 Å². The van der Waals surface area contributed by atoms with Crippen LogP contribution in [0.5, 0.6) is 0 Å². The second kappa shape index (κ2) is 7.58. The predicted molar refractivity (Wildman–Crippen MR) is 84.3 cm³/mol. The molecule has 0 saturated heterocycles. The lowest BCUT2D eigenvalue weighted by Crippen LogP contribution is -2.35. The fourth-order valence-electron chi connectivity index (χ4n) is 2.28. The molecule has 1 aliphatic carbocycles. The summed E-state index contributed by atoms with van der Waals surface area (Å²) in [6.45, 7) is 0.834. The Balaban J connectivity index is 2.13. The van der Waals surface area contributed by atoms with Crippen molar-refractivity contribution >= 4 is 21.6 Å². The molecule has 4 nitrogen and oxygen atoms in total. The Morgan fingerprint density at radius 2 is 1.95 bits per heavy atom. The molecule has 0 bridgehead atoms. The van der Waals surface area contributed by atoms with Gasteiger partial charge in [0, 0.05) is 25.6 Å². The number of alkyl halides is 1. The van der Waals surface area contributed by atoms with Crippen molar-refractivity contribution in [3.8, 4) is 0 Å². The maximum atomic E-state index is 12.7. The van der Waals surface area contributed by atoms with Gasteiger partial charge < -0.3 is 4.74 Å². The molecule has 0 heterocycles. The highest BCUT2D eigenvalue weighted by Crippen LogP contribution is 2.31. The molecule has 1 aliphatic rings. The van der Waals surface area contributed by atoms with Gasteiger partial charge in [-0.05, 0) is 43.4 Å². The molecular formula is C15H22ClNO3S. The van der Waals surface area contributed by atoms with Crippen molar-refractivity contribution in [1.82, 2.24) is 4.31 Å². The van der Waals surface area contributed by atoms with Crippen molar-refractivity contribution in [3.63, 3.8) is 0 Å². The molecule has 6 heteroatoms. The monoisotopic (exact) mass is 331 g/mol. The second-order valence-corrected chi connectivity index (χ2v) is 7.54. The van der Waals surface area contributed by atoms with Crippen LogP contribution in [-0.2, 0) is 21.2 Å². The number of hydrogen-bond acceptors (Lipinski definition) is 3. The van der Waals surface area contributed by atoms with Gasteiger partial charge in [-0.3, -0.25) is 0 Å². The van der Waals surface area contributed by atoms with Gasteiger partial charge in [-0.15, -0.1) is 11.6 Å². The number of aryl methyl sites for hydroxylation is 1. The second-order valence-electron chi connectivity index (χ2n) is 5.28. The third-order valence-corrected chi connectivity index (χ3v) is 5.83. The number of methoxy groups -OCH3 is 1. The van der Waals surface area contributed by atoms with Gasteiger partial charge in [0.05, 0.1) is 11.5 Å². The molecule has 1 fully saturated rings. The van der Waals surface area contributed by atoms with Gasteiger partial charge >= 0.3 is 0 Å². The first-order chi connectivity index (χ1) is 10.1. The first-order valence-corrected chi connectivity index (χ1v) is 9.22. The van der Waals surface area contributed by atoms with E-state index in [-0.39, 0.29) is 6.04 Å². The Morgan fingerprint density at radius 1 is 1.29 bits per heavy atom. The van der Waals surface area contributed by atoms with Crippen LogP contribution in [0.3, 0.4) is 0 Å². The van der Waals surface area contributed by atoms with E-state index in [1.54, 1.807) is 23.5 Å². The normalized spacial score (nSPS) is 15.6. The summed E-state index contributed by atoms with van der Waals surface area (Å²) in [4.78, 5) is 0.361. The highest BCUT2D eigenvalue weighted by atomic mass is 35.5. The molecule has 0 N–H and O–H groups in total. The van der Waals surface area contributed by atoms with Gasteiger partial charge in [0.15, 0.2) is 0 Å². The van der Waals surface area contributed by atoms with E-state index in [4.69, 9.17) is 16.3 Å². The van der Waals surface area contributed by atoms with E-state index in [2.05, 4.69) is 0 Å². The summed E-state index contributed by atoms with van der Waals surface area (Å²) >= 11 is 5.67. The number of nitrogens with zero attached hydrogens (tertiary/aromatic N) is 1. The van der Waals surface area contributed by atoms with Gasteiger partial charge in [0.1, 0.15) is 0 Å². The molecule has 0 aromatic heterocycles. The number of benzene rings is 1. The molecule has 0 spiro atoms. The fraction of sp³-hybridized carbons (Fsp3) is 0.600. The topological polar surface area (TPSA) is 46.6 Å². The van der Waals surface area contributed by atoms with E-state index in [9.17, 15) is 8.42 Å². The summed E-state index contributed by atoms with van der Waals surface area (Å²) < 4.78 is 32.0. The van der Waals surface area contributed by atoms with E-state index in [1.165, 1.54) is 0 Å². The average Bonchev–Trinajstić information content (AvgIpc) is 3.30. The summed E-state index contributed by atoms with van der Waals surface area (Å²) in [6, 6.07) is 7.28. The fourth-order valence-corrected chi connectivity index (χ4v) is 4.08. The maximum absolute atomic E-state index is 12.7. The summed E-state index contributed by atoms with van der Waals surface area (Å²) in [7, 11) is -1.83. The lowest BCUT2D eigenvalue weighted by Gasteiger charge is -2.21. The van der Waals surface area contributed by atoms with E-state index >= 15 is 0 Å². The highest BCUT2D eigenvalue weighted by molar-refractivity contribution is 7.89. The molecule has 118 valence electrons. The third-order valence-electron chi connectivity index (χ3n) is 3.60. The van der Waals surface area contributed by atoms with Crippen LogP contribution >= 0.6 is 11.6 Å². The molecule has 0 unspecified atom stereocenters. The largest absolute Gasteiger partial charge is 0.383 e. The van der Waals surface area contributed by atoms with E-state index < -0.39 is 10.0 Å². The lowest BCUT2D eigenvalue weighted by atomic mass is 10.1. The van der Waals surface area contributed by atoms with Crippen LogP contribution in [0.1, 0.15) is 24.8 Å². The molecule has 0 aliphatic heterocycles. The first-order valence-electron chi connectivity index (χ1n) is 7.25. The van der Waals surface area contributed by atoms with Crippen LogP contribution in [0, 0.1) is 0 Å². The van der Waals surface area contributed by atoms with Gasteiger partial charge in [-0.25, -0.2) is 8.42 Å². The van der Waals surface area contributed by atoms with Crippen LogP contribution in [0.2, 0.25) is 0 Å². The average molecular weight is 332 g/mol. The van der Waals surface area contributed by atoms with Crippen LogP contribution in [0.4, 0.5) is 0 Å². The molecule has 0 radical (unpaired) electrons. The van der Waals surface area contributed by atoms with Gasteiger partial charge in [-0.1, -0.05) is 12.1 Å². The standard InChI is InChI=1S/C15H22ClNO3S/c1-20-12-11-17(14-6-7-14)21(18,19)15-8-4-13(5-9-15)3-2-10-16/h4-5,8-9,14H,2-3,6-7,10-12H2,1H3. The van der Waals surface area contributed by atoms with Crippen molar-refractivity contribution in [3.05, 3.63) is 29.8 Å². The molecule has 2 rings (SSSR count). The lowest BCUT2D eigenvalue weighted by molar-refractivity contribution is 0.177. The van der Waals surface area contributed by atoms with Crippen LogP contribution < -0.4 is 0 Å². The molecule has 1 saturated carbocycles. The number of halogens is 1. The number of rotatable bonds is 9. The third kappa shape index (κ3) is 4.42. The Kier molecular flexibility index (Phi) is 6.05. The Labute approximate surface area is 132 Å². The smallest absolute Gasteiger partial charge is 0.243 e. The minimum Gasteiger partial charge on any atom is -0.383 e. The SMILES string of the molecule is COCCN(C1CC1)S(=O)(=O)c1ccc(CCCCl)cc1. The number of ether oxygens (including phenoxy) is 1. The highest BCUT2D eigenvalue weighted by Gasteiger charge is 2.37. The summed E-state index contributed by atoms with van der Waals surface area (Å²) in [5, 5.41) is 0. The Morgan fingerprint density at radius 3 is 2.48 bits per heavy atom.